The van der Waals surface area contributed by atoms with Gasteiger partial charge in [0.15, 0.2) is 22.6 Å². The lowest BCUT2D eigenvalue weighted by Gasteiger charge is -2.19. The van der Waals surface area contributed by atoms with Crippen molar-refractivity contribution in [3.05, 3.63) is 83.2 Å². The van der Waals surface area contributed by atoms with Crippen molar-refractivity contribution < 1.29 is 26.4 Å². The van der Waals surface area contributed by atoms with Gasteiger partial charge in [-0.05, 0) is 42.3 Å². The van der Waals surface area contributed by atoms with Gasteiger partial charge >= 0.3 is 0 Å². The number of sulfonamides is 1. The second kappa shape index (κ2) is 7.85. The minimum Gasteiger partial charge on any atom is -0.298 e. The van der Waals surface area contributed by atoms with Crippen LogP contribution in [0.2, 0.25) is 0 Å². The van der Waals surface area contributed by atoms with Crippen molar-refractivity contribution in [3.63, 3.8) is 0 Å². The van der Waals surface area contributed by atoms with Gasteiger partial charge in [0.2, 0.25) is 0 Å². The Balaban J connectivity index is 1.43. The molecule has 1 amide bonds. The molecule has 0 atom stereocenters. The maximum atomic E-state index is 13.9. The highest BCUT2D eigenvalue weighted by Crippen LogP contribution is 2.33. The summed E-state index contributed by atoms with van der Waals surface area (Å²) in [6, 6.07) is 13.5. The molecule has 0 radical (unpaired) electrons. The smallest absolute Gasteiger partial charge is 0.264 e. The van der Waals surface area contributed by atoms with E-state index in [0.717, 1.165) is 23.0 Å². The van der Waals surface area contributed by atoms with Gasteiger partial charge in [0, 0.05) is 12.1 Å². The molecular weight excluding hydrogens is 475 g/mol. The maximum absolute atomic E-state index is 13.9. The van der Waals surface area contributed by atoms with Crippen LogP contribution in [0.1, 0.15) is 15.9 Å². The third-order valence-corrected chi connectivity index (χ3v) is 8.00. The number of thiazole rings is 1. The van der Waals surface area contributed by atoms with Crippen LogP contribution in [0.3, 0.4) is 0 Å². The first-order valence-corrected chi connectivity index (χ1v) is 12.0. The molecule has 1 aliphatic rings. The van der Waals surface area contributed by atoms with Crippen LogP contribution in [0, 0.1) is 17.5 Å². The summed E-state index contributed by atoms with van der Waals surface area (Å²) in [5.41, 5.74) is 1.15. The molecular formula is C22H14F3N3O3S2. The summed E-state index contributed by atoms with van der Waals surface area (Å²) in [6.45, 7) is 0.294. The van der Waals surface area contributed by atoms with Gasteiger partial charge in [0.1, 0.15) is 5.52 Å². The van der Waals surface area contributed by atoms with Crippen molar-refractivity contribution in [1.29, 1.82) is 0 Å². The fourth-order valence-electron chi connectivity index (χ4n) is 3.68. The Labute approximate surface area is 190 Å². The number of anilines is 2. The fraction of sp³-hybridized carbons (Fsp3) is 0.0909. The van der Waals surface area contributed by atoms with Crippen LogP contribution >= 0.6 is 11.3 Å². The van der Waals surface area contributed by atoms with E-state index in [4.69, 9.17) is 0 Å². The van der Waals surface area contributed by atoms with Gasteiger partial charge in [0.25, 0.3) is 15.9 Å². The largest absolute Gasteiger partial charge is 0.298 e. The zero-order valence-electron chi connectivity index (χ0n) is 16.7. The predicted molar refractivity (Wildman–Crippen MR) is 119 cm³/mol. The van der Waals surface area contributed by atoms with Crippen molar-refractivity contribution in [1.82, 2.24) is 4.98 Å². The molecule has 0 fully saturated rings. The Kier molecular flexibility index (Phi) is 5.09. The van der Waals surface area contributed by atoms with Gasteiger partial charge in [-0.2, -0.15) is 0 Å². The van der Waals surface area contributed by atoms with Crippen LogP contribution in [-0.4, -0.2) is 25.9 Å². The minimum atomic E-state index is -3.91. The monoisotopic (exact) mass is 489 g/mol. The number of amides is 1. The third-order valence-electron chi connectivity index (χ3n) is 5.27. The zero-order chi connectivity index (χ0) is 23.3. The van der Waals surface area contributed by atoms with E-state index in [1.165, 1.54) is 28.6 Å². The number of benzene rings is 3. The summed E-state index contributed by atoms with van der Waals surface area (Å²) in [4.78, 5) is 16.5. The Hall–Kier alpha value is -3.44. The fourth-order valence-corrected chi connectivity index (χ4v) is 6.11. The molecule has 0 saturated heterocycles. The number of nitrogens with one attached hydrogen (secondary N) is 1. The van der Waals surface area contributed by atoms with Gasteiger partial charge in [-0.25, -0.2) is 26.6 Å². The van der Waals surface area contributed by atoms with E-state index in [9.17, 15) is 26.4 Å². The molecule has 0 unspecified atom stereocenters. The maximum Gasteiger partial charge on any atom is 0.264 e. The molecule has 6 nitrogen and oxygen atoms in total. The standard InChI is InChI=1S/C22H14F3N3O3S2/c23-15-11-17-20(19(25)18(15)24)26-22(32-17)27-21(29)13-5-3-6-14(10-13)33(30,31)28-9-8-12-4-1-2-7-16(12)28/h1-7,10-11H,8-9H2,(H,26,27,29). The summed E-state index contributed by atoms with van der Waals surface area (Å²) in [7, 11) is -3.91. The predicted octanol–water partition coefficient (Wildman–Crippen LogP) is 4.72. The molecule has 11 heteroatoms. The highest BCUT2D eigenvalue weighted by atomic mass is 32.2. The lowest BCUT2D eigenvalue weighted by molar-refractivity contribution is 0.102. The summed E-state index contributed by atoms with van der Waals surface area (Å²) < 4.78 is 68.6. The van der Waals surface area contributed by atoms with E-state index in [-0.39, 0.29) is 20.3 Å². The number of fused-ring (bicyclic) bond motifs is 2. The molecule has 2 heterocycles. The van der Waals surface area contributed by atoms with Gasteiger partial charge in [0.05, 0.1) is 15.3 Å². The Morgan fingerprint density at radius 1 is 1.03 bits per heavy atom. The van der Waals surface area contributed by atoms with Crippen molar-refractivity contribution in [2.45, 2.75) is 11.3 Å². The van der Waals surface area contributed by atoms with Crippen molar-refractivity contribution in [2.24, 2.45) is 0 Å². The lowest BCUT2D eigenvalue weighted by atomic mass is 10.2. The van der Waals surface area contributed by atoms with E-state index < -0.39 is 38.9 Å². The summed E-state index contributed by atoms with van der Waals surface area (Å²) in [5, 5.41) is 2.34. The molecule has 4 aromatic rings. The summed E-state index contributed by atoms with van der Waals surface area (Å²) in [6.07, 6.45) is 0.588. The summed E-state index contributed by atoms with van der Waals surface area (Å²) >= 11 is 0.764. The second-order valence-corrected chi connectivity index (χ2v) is 10.2. The molecule has 1 aromatic heterocycles. The highest BCUT2D eigenvalue weighted by Gasteiger charge is 2.31. The van der Waals surface area contributed by atoms with Gasteiger partial charge in [-0.3, -0.25) is 14.4 Å². The first kappa shape index (κ1) is 21.4. The van der Waals surface area contributed by atoms with Crippen LogP contribution in [0.4, 0.5) is 24.0 Å². The number of hydrogen-bond donors (Lipinski definition) is 1. The van der Waals surface area contributed by atoms with Gasteiger partial charge in [-0.15, -0.1) is 0 Å². The number of rotatable bonds is 4. The molecule has 1 N–H and O–H groups in total. The van der Waals surface area contributed by atoms with E-state index >= 15 is 0 Å². The molecule has 168 valence electrons. The minimum absolute atomic E-state index is 0.0192. The molecule has 5 rings (SSSR count). The molecule has 0 bridgehead atoms. The molecule has 1 aliphatic heterocycles. The van der Waals surface area contributed by atoms with E-state index in [2.05, 4.69) is 10.3 Å². The quantitative estimate of drug-likeness (QED) is 0.421. The van der Waals surface area contributed by atoms with E-state index in [0.29, 0.717) is 18.7 Å². The van der Waals surface area contributed by atoms with Gasteiger partial charge < -0.3 is 0 Å². The Morgan fingerprint density at radius 2 is 1.82 bits per heavy atom. The molecule has 3 aromatic carbocycles. The summed E-state index contributed by atoms with van der Waals surface area (Å²) in [5.74, 6) is -5.15. The van der Waals surface area contributed by atoms with E-state index in [1.54, 1.807) is 12.1 Å². The number of halogens is 3. The van der Waals surface area contributed by atoms with Crippen LogP contribution < -0.4 is 9.62 Å². The van der Waals surface area contributed by atoms with E-state index in [1.807, 2.05) is 12.1 Å². The van der Waals surface area contributed by atoms with Crippen LogP contribution in [-0.2, 0) is 16.4 Å². The number of carbonyl (C=O) groups is 1. The Bertz CT molecular complexity index is 1540. The number of nitrogens with zero attached hydrogens (tertiary/aromatic N) is 2. The normalized spacial score (nSPS) is 13.4. The van der Waals surface area contributed by atoms with Crippen molar-refractivity contribution >= 4 is 48.3 Å². The average Bonchev–Trinajstić information content (AvgIpc) is 3.42. The highest BCUT2D eigenvalue weighted by molar-refractivity contribution is 7.92. The first-order chi connectivity index (χ1) is 15.8. The second-order valence-electron chi connectivity index (χ2n) is 7.29. The van der Waals surface area contributed by atoms with Crippen LogP contribution in [0.15, 0.2) is 59.5 Å². The molecule has 0 saturated carbocycles. The molecule has 33 heavy (non-hydrogen) atoms. The zero-order valence-corrected chi connectivity index (χ0v) is 18.3. The SMILES string of the molecule is O=C(Nc1nc2c(F)c(F)c(F)cc2s1)c1cccc(S(=O)(=O)N2CCc3ccccc32)c1. The van der Waals surface area contributed by atoms with Gasteiger partial charge in [-0.1, -0.05) is 35.6 Å². The van der Waals surface area contributed by atoms with Crippen LogP contribution in [0.5, 0.6) is 0 Å². The van der Waals surface area contributed by atoms with Crippen molar-refractivity contribution in [2.75, 3.05) is 16.2 Å². The topological polar surface area (TPSA) is 79.4 Å². The Morgan fingerprint density at radius 3 is 2.64 bits per heavy atom. The molecule has 0 spiro atoms. The lowest BCUT2D eigenvalue weighted by Crippen LogP contribution is -2.29. The number of para-hydroxylation sites is 1. The third kappa shape index (κ3) is 3.62. The number of hydrogen-bond acceptors (Lipinski definition) is 5. The number of carbonyl (C=O) groups excluding carboxylic acids is 1. The first-order valence-electron chi connectivity index (χ1n) is 9.72. The number of aromatic nitrogens is 1. The van der Waals surface area contributed by atoms with Crippen LogP contribution in [0.25, 0.3) is 10.2 Å². The van der Waals surface area contributed by atoms with Crippen molar-refractivity contribution in [3.8, 4) is 0 Å². The average molecular weight is 490 g/mol. The molecule has 0 aliphatic carbocycles.